The van der Waals surface area contributed by atoms with Gasteiger partial charge in [-0.1, -0.05) is 24.3 Å². The van der Waals surface area contributed by atoms with Crippen molar-refractivity contribution in [2.45, 2.75) is 19.0 Å². The number of carbonyl (C=O) groups is 1. The maximum absolute atomic E-state index is 12.8. The second-order valence-electron chi connectivity index (χ2n) is 6.46. The molecule has 1 aliphatic heterocycles. The summed E-state index contributed by atoms with van der Waals surface area (Å²) in [7, 11) is 1.59. The molecule has 0 saturated carbocycles. The van der Waals surface area contributed by atoms with Gasteiger partial charge in [0.15, 0.2) is 0 Å². The third-order valence-electron chi connectivity index (χ3n) is 4.90. The van der Waals surface area contributed by atoms with E-state index < -0.39 is 0 Å². The van der Waals surface area contributed by atoms with Crippen LogP contribution >= 0.6 is 0 Å². The van der Waals surface area contributed by atoms with E-state index in [0.717, 1.165) is 16.6 Å². The van der Waals surface area contributed by atoms with Crippen LogP contribution in [0, 0.1) is 0 Å². The zero-order valence-corrected chi connectivity index (χ0v) is 14.5. The zero-order chi connectivity index (χ0) is 18.1. The Morgan fingerprint density at radius 3 is 2.96 bits per heavy atom. The molecule has 1 aliphatic rings. The molecule has 26 heavy (non-hydrogen) atoms. The van der Waals surface area contributed by atoms with E-state index in [0.29, 0.717) is 24.4 Å². The lowest BCUT2D eigenvalue weighted by atomic mass is 9.97. The number of H-pyrrole nitrogens is 1. The van der Waals surface area contributed by atoms with Crippen molar-refractivity contribution in [1.29, 1.82) is 0 Å². The number of hydrogen-bond donors (Lipinski definition) is 3. The number of methoxy groups -OCH3 is 1. The van der Waals surface area contributed by atoms with Gasteiger partial charge < -0.3 is 25.0 Å². The number of aromatic nitrogens is 1. The van der Waals surface area contributed by atoms with Crippen LogP contribution < -0.4 is 10.1 Å². The number of anilines is 1. The van der Waals surface area contributed by atoms with E-state index in [2.05, 4.69) is 16.4 Å². The lowest BCUT2D eigenvalue weighted by Gasteiger charge is -2.34. The summed E-state index contributed by atoms with van der Waals surface area (Å²) in [5.74, 6) is 0.679. The van der Waals surface area contributed by atoms with Crippen LogP contribution in [0.5, 0.6) is 5.75 Å². The van der Waals surface area contributed by atoms with Crippen molar-refractivity contribution < 1.29 is 14.6 Å². The van der Waals surface area contributed by atoms with E-state index in [1.807, 2.05) is 36.4 Å². The van der Waals surface area contributed by atoms with E-state index in [-0.39, 0.29) is 18.7 Å². The number of carbonyl (C=O) groups excluding carboxylic acids is 1. The van der Waals surface area contributed by atoms with Crippen LogP contribution in [0.15, 0.2) is 48.5 Å². The van der Waals surface area contributed by atoms with Gasteiger partial charge in [0.25, 0.3) is 0 Å². The largest absolute Gasteiger partial charge is 0.497 e. The van der Waals surface area contributed by atoms with Gasteiger partial charge in [-0.25, -0.2) is 4.79 Å². The van der Waals surface area contributed by atoms with E-state index in [1.54, 1.807) is 18.1 Å². The number of aliphatic hydroxyl groups is 1. The minimum absolute atomic E-state index is 0.0789. The van der Waals surface area contributed by atoms with E-state index in [1.165, 1.54) is 5.56 Å². The first-order valence-corrected chi connectivity index (χ1v) is 8.60. The number of amides is 2. The Morgan fingerprint density at radius 2 is 2.15 bits per heavy atom. The fraction of sp³-hybridized carbons (Fsp3) is 0.250. The molecule has 2 amide bonds. The standard InChI is InChI=1S/C20H21N3O3/c1-26-15-6-4-5-13(9-15)21-20(25)23-11-19-17(10-14(23)12-24)16-7-2-3-8-18(16)22-19/h2-9,14,22,24H,10-12H2,1H3,(H,21,25). The quantitative estimate of drug-likeness (QED) is 0.678. The summed E-state index contributed by atoms with van der Waals surface area (Å²) >= 11 is 0. The first-order chi connectivity index (χ1) is 12.7. The second-order valence-corrected chi connectivity index (χ2v) is 6.46. The maximum Gasteiger partial charge on any atom is 0.322 e. The number of benzene rings is 2. The highest BCUT2D eigenvalue weighted by Crippen LogP contribution is 2.30. The average Bonchev–Trinajstić information content (AvgIpc) is 3.04. The summed E-state index contributed by atoms with van der Waals surface area (Å²) in [6, 6.07) is 14.8. The van der Waals surface area contributed by atoms with Crippen LogP contribution in [0.1, 0.15) is 11.3 Å². The Balaban J connectivity index is 1.60. The van der Waals surface area contributed by atoms with Gasteiger partial charge in [-0.15, -0.1) is 0 Å². The van der Waals surface area contributed by atoms with Crippen molar-refractivity contribution in [1.82, 2.24) is 9.88 Å². The number of hydrogen-bond acceptors (Lipinski definition) is 3. The predicted octanol–water partition coefficient (Wildman–Crippen LogP) is 3.13. The summed E-state index contributed by atoms with van der Waals surface area (Å²) in [5.41, 5.74) is 3.93. The number of urea groups is 1. The molecule has 134 valence electrons. The molecule has 2 aromatic carbocycles. The molecule has 0 radical (unpaired) electrons. The average molecular weight is 351 g/mol. The molecule has 3 N–H and O–H groups in total. The molecular weight excluding hydrogens is 330 g/mol. The summed E-state index contributed by atoms with van der Waals surface area (Å²) < 4.78 is 5.19. The summed E-state index contributed by atoms with van der Waals surface area (Å²) in [6.07, 6.45) is 0.626. The maximum atomic E-state index is 12.8. The third-order valence-corrected chi connectivity index (χ3v) is 4.90. The van der Waals surface area contributed by atoms with Crippen molar-refractivity contribution in [3.8, 4) is 5.75 Å². The van der Waals surface area contributed by atoms with Gasteiger partial charge in [0, 0.05) is 28.4 Å². The normalized spacial score (nSPS) is 16.4. The predicted molar refractivity (Wildman–Crippen MR) is 100 cm³/mol. The minimum Gasteiger partial charge on any atom is -0.497 e. The smallest absolute Gasteiger partial charge is 0.322 e. The van der Waals surface area contributed by atoms with E-state index in [9.17, 15) is 9.90 Å². The van der Waals surface area contributed by atoms with Crippen LogP contribution in [0.3, 0.4) is 0 Å². The number of aromatic amines is 1. The van der Waals surface area contributed by atoms with Crippen molar-refractivity contribution in [2.75, 3.05) is 19.0 Å². The number of nitrogens with one attached hydrogen (secondary N) is 2. The van der Waals surface area contributed by atoms with Gasteiger partial charge >= 0.3 is 6.03 Å². The molecule has 1 unspecified atom stereocenters. The van der Waals surface area contributed by atoms with Crippen LogP contribution in [0.25, 0.3) is 10.9 Å². The Morgan fingerprint density at radius 1 is 1.31 bits per heavy atom. The van der Waals surface area contributed by atoms with Gasteiger partial charge in [0.2, 0.25) is 0 Å². The molecule has 0 aliphatic carbocycles. The molecule has 2 heterocycles. The summed E-state index contributed by atoms with van der Waals surface area (Å²) in [6.45, 7) is 0.357. The van der Waals surface area contributed by atoms with Crippen LogP contribution in [-0.4, -0.2) is 40.8 Å². The molecule has 1 atom stereocenters. The number of ether oxygens (including phenoxy) is 1. The van der Waals surface area contributed by atoms with Crippen molar-refractivity contribution in [3.05, 3.63) is 59.8 Å². The number of nitrogens with zero attached hydrogens (tertiary/aromatic N) is 1. The van der Waals surface area contributed by atoms with Gasteiger partial charge in [0.05, 0.1) is 26.3 Å². The van der Waals surface area contributed by atoms with E-state index >= 15 is 0 Å². The summed E-state index contributed by atoms with van der Waals surface area (Å²) in [4.78, 5) is 17.9. The van der Waals surface area contributed by atoms with Crippen molar-refractivity contribution in [3.63, 3.8) is 0 Å². The Labute approximate surface area is 151 Å². The molecule has 3 aromatic rings. The van der Waals surface area contributed by atoms with Crippen LogP contribution in [0.2, 0.25) is 0 Å². The van der Waals surface area contributed by atoms with Gasteiger partial charge in [0.1, 0.15) is 5.75 Å². The SMILES string of the molecule is COc1cccc(NC(=O)N2Cc3[nH]c4ccccc4c3CC2CO)c1. The topological polar surface area (TPSA) is 77.6 Å². The molecule has 0 fully saturated rings. The number of fused-ring (bicyclic) bond motifs is 3. The van der Waals surface area contributed by atoms with Gasteiger partial charge in [-0.3, -0.25) is 0 Å². The highest BCUT2D eigenvalue weighted by atomic mass is 16.5. The molecular formula is C20H21N3O3. The van der Waals surface area contributed by atoms with E-state index in [4.69, 9.17) is 4.74 Å². The molecule has 1 aromatic heterocycles. The summed E-state index contributed by atoms with van der Waals surface area (Å²) in [5, 5.41) is 13.9. The molecule has 0 saturated heterocycles. The minimum atomic E-state index is -0.257. The number of rotatable bonds is 3. The number of para-hydroxylation sites is 1. The number of aliphatic hydroxyl groups excluding tert-OH is 1. The highest BCUT2D eigenvalue weighted by Gasteiger charge is 2.31. The molecule has 0 bridgehead atoms. The second kappa shape index (κ2) is 6.72. The van der Waals surface area contributed by atoms with Crippen molar-refractivity contribution >= 4 is 22.6 Å². The first kappa shape index (κ1) is 16.5. The van der Waals surface area contributed by atoms with Crippen LogP contribution in [-0.2, 0) is 13.0 Å². The Bertz CT molecular complexity index is 950. The van der Waals surface area contributed by atoms with Crippen LogP contribution in [0.4, 0.5) is 10.5 Å². The molecule has 4 rings (SSSR count). The molecule has 6 heteroatoms. The monoisotopic (exact) mass is 351 g/mol. The lowest BCUT2D eigenvalue weighted by molar-refractivity contribution is 0.129. The molecule has 6 nitrogen and oxygen atoms in total. The Kier molecular flexibility index (Phi) is 4.26. The van der Waals surface area contributed by atoms with Crippen molar-refractivity contribution in [2.24, 2.45) is 0 Å². The highest BCUT2D eigenvalue weighted by molar-refractivity contribution is 5.91. The third kappa shape index (κ3) is 2.88. The molecule has 0 spiro atoms. The fourth-order valence-electron chi connectivity index (χ4n) is 3.57. The first-order valence-electron chi connectivity index (χ1n) is 8.60. The zero-order valence-electron chi connectivity index (χ0n) is 14.5. The Hall–Kier alpha value is -2.99. The fourth-order valence-corrected chi connectivity index (χ4v) is 3.57. The van der Waals surface area contributed by atoms with Gasteiger partial charge in [-0.05, 0) is 30.2 Å². The lowest BCUT2D eigenvalue weighted by Crippen LogP contribution is -2.48. The van der Waals surface area contributed by atoms with Gasteiger partial charge in [-0.2, -0.15) is 0 Å².